The monoisotopic (exact) mass is 320 g/mol. The lowest BCUT2D eigenvalue weighted by molar-refractivity contribution is 0.0600. The Kier molecular flexibility index (Phi) is 4.24. The molecule has 1 heterocycles. The van der Waals surface area contributed by atoms with Crippen LogP contribution in [0.5, 0.6) is 0 Å². The number of carbonyl (C=O) groups excluding carboxylic acids is 2. The number of nitrogens with zero attached hydrogens (tertiary/aromatic N) is 1. The SMILES string of the molecule is COC(=O)c1ccc(NC(=O)c2cccc3ncccc23)c(C)c1. The van der Waals surface area contributed by atoms with Crippen molar-refractivity contribution in [1.82, 2.24) is 4.98 Å². The number of esters is 1. The number of aromatic nitrogens is 1. The van der Waals surface area contributed by atoms with E-state index in [1.165, 1.54) is 7.11 Å². The lowest BCUT2D eigenvalue weighted by Gasteiger charge is -2.11. The van der Waals surface area contributed by atoms with Crippen LogP contribution in [0.4, 0.5) is 5.69 Å². The first-order valence-electron chi connectivity index (χ1n) is 7.44. The maximum atomic E-state index is 12.6. The van der Waals surface area contributed by atoms with Crippen molar-refractivity contribution in [3.63, 3.8) is 0 Å². The zero-order valence-electron chi connectivity index (χ0n) is 13.4. The molecular weight excluding hydrogens is 304 g/mol. The molecule has 3 aromatic rings. The number of hydrogen-bond donors (Lipinski definition) is 1. The van der Waals surface area contributed by atoms with Gasteiger partial charge in [-0.05, 0) is 48.9 Å². The van der Waals surface area contributed by atoms with E-state index < -0.39 is 5.97 Å². The largest absolute Gasteiger partial charge is 0.465 e. The van der Waals surface area contributed by atoms with E-state index in [1.807, 2.05) is 19.1 Å². The molecule has 24 heavy (non-hydrogen) atoms. The standard InChI is InChI=1S/C19H16N2O3/c1-12-11-13(19(23)24-2)8-9-16(12)21-18(22)15-5-3-7-17-14(15)6-4-10-20-17/h3-11H,1-2H3,(H,21,22). The fourth-order valence-electron chi connectivity index (χ4n) is 2.54. The van der Waals surface area contributed by atoms with E-state index in [0.717, 1.165) is 16.5 Å². The summed E-state index contributed by atoms with van der Waals surface area (Å²) in [6.07, 6.45) is 1.69. The van der Waals surface area contributed by atoms with Gasteiger partial charge in [-0.3, -0.25) is 9.78 Å². The molecule has 0 spiro atoms. The second-order valence-electron chi connectivity index (χ2n) is 5.35. The molecule has 5 heteroatoms. The van der Waals surface area contributed by atoms with Gasteiger partial charge in [0.15, 0.2) is 0 Å². The summed E-state index contributed by atoms with van der Waals surface area (Å²) in [7, 11) is 1.34. The van der Waals surface area contributed by atoms with Crippen molar-refractivity contribution in [1.29, 1.82) is 0 Å². The number of carbonyl (C=O) groups is 2. The molecule has 1 N–H and O–H groups in total. The highest BCUT2D eigenvalue weighted by molar-refractivity contribution is 6.12. The van der Waals surface area contributed by atoms with E-state index in [2.05, 4.69) is 10.3 Å². The summed E-state index contributed by atoms with van der Waals surface area (Å²) in [6, 6.07) is 14.1. The summed E-state index contributed by atoms with van der Waals surface area (Å²) < 4.78 is 4.70. The number of methoxy groups -OCH3 is 1. The van der Waals surface area contributed by atoms with Crippen molar-refractivity contribution in [2.24, 2.45) is 0 Å². The quantitative estimate of drug-likeness (QED) is 0.749. The highest BCUT2D eigenvalue weighted by Gasteiger charge is 2.13. The van der Waals surface area contributed by atoms with Gasteiger partial charge in [0.1, 0.15) is 0 Å². The van der Waals surface area contributed by atoms with Gasteiger partial charge < -0.3 is 10.1 Å². The molecule has 3 rings (SSSR count). The van der Waals surface area contributed by atoms with Gasteiger partial charge in [-0.25, -0.2) is 4.79 Å². The van der Waals surface area contributed by atoms with Crippen molar-refractivity contribution in [2.45, 2.75) is 6.92 Å². The molecule has 0 unspecified atom stereocenters. The topological polar surface area (TPSA) is 68.3 Å². The number of nitrogens with one attached hydrogen (secondary N) is 1. The van der Waals surface area contributed by atoms with Crippen molar-refractivity contribution in [2.75, 3.05) is 12.4 Å². The Bertz CT molecular complexity index is 930. The zero-order chi connectivity index (χ0) is 17.1. The van der Waals surface area contributed by atoms with Crippen molar-refractivity contribution < 1.29 is 14.3 Å². The molecule has 1 amide bonds. The van der Waals surface area contributed by atoms with E-state index in [-0.39, 0.29) is 5.91 Å². The number of fused-ring (bicyclic) bond motifs is 1. The van der Waals surface area contributed by atoms with Crippen LogP contribution in [0.1, 0.15) is 26.3 Å². The van der Waals surface area contributed by atoms with E-state index >= 15 is 0 Å². The van der Waals surface area contributed by atoms with Gasteiger partial charge in [0.05, 0.1) is 18.2 Å². The lowest BCUT2D eigenvalue weighted by atomic mass is 10.1. The van der Waals surface area contributed by atoms with E-state index in [1.54, 1.807) is 42.6 Å². The number of ether oxygens (including phenoxy) is 1. The van der Waals surface area contributed by atoms with Gasteiger partial charge in [-0.1, -0.05) is 12.1 Å². The Morgan fingerprint density at radius 1 is 1.08 bits per heavy atom. The minimum Gasteiger partial charge on any atom is -0.465 e. The van der Waals surface area contributed by atoms with Crippen molar-refractivity contribution in [3.8, 4) is 0 Å². The lowest BCUT2D eigenvalue weighted by Crippen LogP contribution is -2.14. The Morgan fingerprint density at radius 2 is 1.92 bits per heavy atom. The Morgan fingerprint density at radius 3 is 2.67 bits per heavy atom. The minimum absolute atomic E-state index is 0.220. The van der Waals surface area contributed by atoms with Crippen LogP contribution < -0.4 is 5.32 Å². The summed E-state index contributed by atoms with van der Waals surface area (Å²) >= 11 is 0. The first kappa shape index (κ1) is 15.7. The number of aryl methyl sites for hydroxylation is 1. The molecule has 0 saturated carbocycles. The Balaban J connectivity index is 1.91. The second-order valence-corrected chi connectivity index (χ2v) is 5.35. The van der Waals surface area contributed by atoms with Gasteiger partial charge >= 0.3 is 5.97 Å². The number of benzene rings is 2. The van der Waals surface area contributed by atoms with Crippen LogP contribution in [0.25, 0.3) is 10.9 Å². The molecule has 120 valence electrons. The normalized spacial score (nSPS) is 10.4. The minimum atomic E-state index is -0.406. The summed E-state index contributed by atoms with van der Waals surface area (Å²) in [6.45, 7) is 1.83. The molecule has 2 aromatic carbocycles. The molecule has 0 radical (unpaired) electrons. The third kappa shape index (κ3) is 2.96. The number of pyridine rings is 1. The summed E-state index contributed by atoms with van der Waals surface area (Å²) in [5.41, 5.74) is 3.19. The van der Waals surface area contributed by atoms with Crippen LogP contribution in [0.15, 0.2) is 54.7 Å². The van der Waals surface area contributed by atoms with Crippen LogP contribution in [0.3, 0.4) is 0 Å². The van der Waals surface area contributed by atoms with Crippen LogP contribution in [0, 0.1) is 6.92 Å². The smallest absolute Gasteiger partial charge is 0.337 e. The summed E-state index contributed by atoms with van der Waals surface area (Å²) in [5, 5.41) is 3.68. The fraction of sp³-hybridized carbons (Fsp3) is 0.105. The molecule has 0 fully saturated rings. The van der Waals surface area contributed by atoms with Gasteiger partial charge in [0, 0.05) is 22.8 Å². The molecule has 0 atom stereocenters. The van der Waals surface area contributed by atoms with Gasteiger partial charge in [0.2, 0.25) is 0 Å². The maximum absolute atomic E-state index is 12.6. The second kappa shape index (κ2) is 6.50. The Labute approximate surface area is 139 Å². The van der Waals surface area contributed by atoms with Gasteiger partial charge in [-0.15, -0.1) is 0 Å². The highest BCUT2D eigenvalue weighted by atomic mass is 16.5. The molecule has 0 bridgehead atoms. The van der Waals surface area contributed by atoms with E-state index in [4.69, 9.17) is 4.74 Å². The average Bonchev–Trinajstić information content (AvgIpc) is 2.62. The first-order chi connectivity index (χ1) is 11.6. The summed E-state index contributed by atoms with van der Waals surface area (Å²) in [4.78, 5) is 28.4. The number of hydrogen-bond acceptors (Lipinski definition) is 4. The van der Waals surface area contributed by atoms with Crippen LogP contribution in [0.2, 0.25) is 0 Å². The third-order valence-corrected chi connectivity index (χ3v) is 3.79. The zero-order valence-corrected chi connectivity index (χ0v) is 13.4. The fourth-order valence-corrected chi connectivity index (χ4v) is 2.54. The molecule has 0 aliphatic rings. The maximum Gasteiger partial charge on any atom is 0.337 e. The van der Waals surface area contributed by atoms with Gasteiger partial charge in [-0.2, -0.15) is 0 Å². The van der Waals surface area contributed by atoms with Crippen LogP contribution in [-0.2, 0) is 4.74 Å². The number of amides is 1. The Hall–Kier alpha value is -3.21. The number of rotatable bonds is 3. The van der Waals surface area contributed by atoms with Crippen LogP contribution in [-0.4, -0.2) is 24.0 Å². The molecule has 0 saturated heterocycles. The molecule has 0 aliphatic heterocycles. The van der Waals surface area contributed by atoms with E-state index in [9.17, 15) is 9.59 Å². The van der Waals surface area contributed by atoms with Crippen molar-refractivity contribution in [3.05, 3.63) is 71.4 Å². The number of anilines is 1. The molecule has 5 nitrogen and oxygen atoms in total. The third-order valence-electron chi connectivity index (χ3n) is 3.79. The van der Waals surface area contributed by atoms with Gasteiger partial charge in [0.25, 0.3) is 5.91 Å². The first-order valence-corrected chi connectivity index (χ1v) is 7.44. The van der Waals surface area contributed by atoms with E-state index in [0.29, 0.717) is 16.8 Å². The molecule has 0 aliphatic carbocycles. The molecular formula is C19H16N2O3. The summed E-state index contributed by atoms with van der Waals surface area (Å²) in [5.74, 6) is -0.626. The van der Waals surface area contributed by atoms with Crippen LogP contribution >= 0.6 is 0 Å². The van der Waals surface area contributed by atoms with Crippen molar-refractivity contribution >= 4 is 28.5 Å². The molecule has 1 aromatic heterocycles. The predicted octanol–water partition coefficient (Wildman–Crippen LogP) is 3.58. The average molecular weight is 320 g/mol. The predicted molar refractivity (Wildman–Crippen MR) is 92.2 cm³/mol. The highest BCUT2D eigenvalue weighted by Crippen LogP contribution is 2.21.